The van der Waals surface area contributed by atoms with Crippen LogP contribution >= 0.6 is 0 Å². The van der Waals surface area contributed by atoms with Gasteiger partial charge in [-0.25, -0.2) is 4.99 Å². The minimum absolute atomic E-state index is 0.861. The van der Waals surface area contributed by atoms with Crippen molar-refractivity contribution in [2.45, 2.75) is 6.92 Å². The highest BCUT2D eigenvalue weighted by Crippen LogP contribution is 2.31. The van der Waals surface area contributed by atoms with E-state index in [-0.39, 0.29) is 0 Å². The topological polar surface area (TPSA) is 15.6 Å². The summed E-state index contributed by atoms with van der Waals surface area (Å²) in [5, 5.41) is 0. The average molecular weight is 236 g/mol. The van der Waals surface area contributed by atoms with Crippen LogP contribution in [0.15, 0.2) is 53.5 Å². The molecule has 0 unspecified atom stereocenters. The Morgan fingerprint density at radius 2 is 1.72 bits per heavy atom. The fourth-order valence-electron chi connectivity index (χ4n) is 2.27. The number of likely N-dealkylation sites (N-methyl/N-ethyl adjacent to an activating group) is 1. The van der Waals surface area contributed by atoms with Crippen LogP contribution in [-0.2, 0) is 0 Å². The van der Waals surface area contributed by atoms with Gasteiger partial charge in [-0.2, -0.15) is 0 Å². The zero-order valence-electron chi connectivity index (χ0n) is 10.7. The van der Waals surface area contributed by atoms with E-state index in [1.165, 1.54) is 16.8 Å². The second-order valence-corrected chi connectivity index (χ2v) is 4.77. The molecule has 1 heterocycles. The van der Waals surface area contributed by atoms with Gasteiger partial charge in [-0.05, 0) is 24.6 Å². The maximum atomic E-state index is 4.77. The summed E-state index contributed by atoms with van der Waals surface area (Å²) in [5.41, 5.74) is 5.89. The van der Waals surface area contributed by atoms with E-state index in [2.05, 4.69) is 61.3 Å². The lowest BCUT2D eigenvalue weighted by atomic mass is 10.1. The Bertz CT molecular complexity index is 597. The Balaban J connectivity index is 2.05. The lowest BCUT2D eigenvalue weighted by molar-refractivity contribution is 1.03. The first-order valence-electron chi connectivity index (χ1n) is 6.19. The summed E-state index contributed by atoms with van der Waals surface area (Å²) in [6.45, 7) is 2.97. The Morgan fingerprint density at radius 3 is 2.50 bits per heavy atom. The van der Waals surface area contributed by atoms with Crippen molar-refractivity contribution in [3.8, 4) is 0 Å². The minimum atomic E-state index is 0.861. The van der Waals surface area contributed by atoms with Gasteiger partial charge in [0.05, 0.1) is 23.6 Å². The molecule has 2 aromatic rings. The van der Waals surface area contributed by atoms with E-state index >= 15 is 0 Å². The summed E-state index contributed by atoms with van der Waals surface area (Å²) < 4.78 is 0. The van der Waals surface area contributed by atoms with Gasteiger partial charge < -0.3 is 4.90 Å². The number of rotatable bonds is 1. The van der Waals surface area contributed by atoms with Crippen molar-refractivity contribution in [2.24, 2.45) is 4.99 Å². The predicted octanol–water partition coefficient (Wildman–Crippen LogP) is 3.57. The van der Waals surface area contributed by atoms with E-state index in [0.29, 0.717) is 0 Å². The van der Waals surface area contributed by atoms with Gasteiger partial charge in [-0.3, -0.25) is 0 Å². The Hall–Kier alpha value is -2.09. The molecule has 0 radical (unpaired) electrons. The molecule has 0 fully saturated rings. The molecule has 0 aromatic heterocycles. The normalized spacial score (nSPS) is 14.1. The van der Waals surface area contributed by atoms with Gasteiger partial charge in [0.15, 0.2) is 0 Å². The van der Waals surface area contributed by atoms with Crippen molar-refractivity contribution in [1.82, 2.24) is 0 Å². The monoisotopic (exact) mass is 236 g/mol. The molecular formula is C16H16N2. The van der Waals surface area contributed by atoms with Gasteiger partial charge in [0.25, 0.3) is 0 Å². The first-order valence-corrected chi connectivity index (χ1v) is 6.19. The van der Waals surface area contributed by atoms with Crippen LogP contribution in [0.25, 0.3) is 0 Å². The fraction of sp³-hybridized carbons (Fsp3) is 0.188. The maximum Gasteiger partial charge on any atom is 0.0867 e. The SMILES string of the molecule is Cc1ccc(C2=Nc3ccccc3N(C)C2)cc1. The quantitative estimate of drug-likeness (QED) is 0.739. The average Bonchev–Trinajstić information content (AvgIpc) is 2.39. The number of anilines is 1. The number of nitrogens with zero attached hydrogens (tertiary/aromatic N) is 2. The van der Waals surface area contributed by atoms with Crippen molar-refractivity contribution in [3.05, 3.63) is 59.7 Å². The predicted molar refractivity (Wildman–Crippen MR) is 77.1 cm³/mol. The number of benzene rings is 2. The molecule has 2 heteroatoms. The largest absolute Gasteiger partial charge is 0.367 e. The molecule has 2 nitrogen and oxygen atoms in total. The molecule has 1 aliphatic heterocycles. The lowest BCUT2D eigenvalue weighted by Crippen LogP contribution is -2.28. The van der Waals surface area contributed by atoms with Crippen LogP contribution in [0.2, 0.25) is 0 Å². The molecule has 0 bridgehead atoms. The van der Waals surface area contributed by atoms with Gasteiger partial charge in [0.2, 0.25) is 0 Å². The summed E-state index contributed by atoms with van der Waals surface area (Å²) in [6, 6.07) is 16.8. The molecular weight excluding hydrogens is 220 g/mol. The number of hydrogen-bond donors (Lipinski definition) is 0. The first-order chi connectivity index (χ1) is 8.74. The number of fused-ring (bicyclic) bond motifs is 1. The van der Waals surface area contributed by atoms with Crippen LogP contribution in [0.1, 0.15) is 11.1 Å². The highest BCUT2D eigenvalue weighted by atomic mass is 15.1. The molecule has 0 aliphatic carbocycles. The summed E-state index contributed by atoms with van der Waals surface area (Å²) in [5.74, 6) is 0. The van der Waals surface area contributed by atoms with E-state index in [9.17, 15) is 0 Å². The zero-order chi connectivity index (χ0) is 12.5. The molecule has 2 aromatic carbocycles. The first kappa shape index (κ1) is 11.0. The van der Waals surface area contributed by atoms with E-state index < -0.39 is 0 Å². The molecule has 18 heavy (non-hydrogen) atoms. The standard InChI is InChI=1S/C16H16N2/c1-12-7-9-13(10-8-12)15-11-18(2)16-6-4-3-5-14(16)17-15/h3-10H,11H2,1-2H3. The van der Waals surface area contributed by atoms with Crippen LogP contribution in [0.5, 0.6) is 0 Å². The molecule has 0 atom stereocenters. The number of para-hydroxylation sites is 2. The van der Waals surface area contributed by atoms with Crippen LogP contribution in [-0.4, -0.2) is 19.3 Å². The van der Waals surface area contributed by atoms with Gasteiger partial charge in [0, 0.05) is 7.05 Å². The van der Waals surface area contributed by atoms with Crippen LogP contribution in [0, 0.1) is 6.92 Å². The molecule has 0 saturated heterocycles. The Morgan fingerprint density at radius 1 is 1.00 bits per heavy atom. The van der Waals surface area contributed by atoms with E-state index in [1.807, 2.05) is 6.07 Å². The van der Waals surface area contributed by atoms with Crippen molar-refractivity contribution in [3.63, 3.8) is 0 Å². The van der Waals surface area contributed by atoms with E-state index in [4.69, 9.17) is 4.99 Å². The van der Waals surface area contributed by atoms with Crippen molar-refractivity contribution >= 4 is 17.1 Å². The van der Waals surface area contributed by atoms with Crippen molar-refractivity contribution in [2.75, 3.05) is 18.5 Å². The molecule has 0 saturated carbocycles. The fourth-order valence-corrected chi connectivity index (χ4v) is 2.27. The second kappa shape index (κ2) is 4.30. The highest BCUT2D eigenvalue weighted by molar-refractivity contribution is 6.07. The van der Waals surface area contributed by atoms with Crippen LogP contribution < -0.4 is 4.90 Å². The molecule has 0 amide bonds. The van der Waals surface area contributed by atoms with Crippen molar-refractivity contribution < 1.29 is 0 Å². The summed E-state index contributed by atoms with van der Waals surface area (Å²) >= 11 is 0. The van der Waals surface area contributed by atoms with Gasteiger partial charge in [0.1, 0.15) is 0 Å². The number of hydrogen-bond acceptors (Lipinski definition) is 2. The lowest BCUT2D eigenvalue weighted by Gasteiger charge is -2.26. The number of aryl methyl sites for hydroxylation is 1. The molecule has 0 N–H and O–H groups in total. The van der Waals surface area contributed by atoms with Crippen LogP contribution in [0.4, 0.5) is 11.4 Å². The molecule has 90 valence electrons. The third-order valence-electron chi connectivity index (χ3n) is 3.32. The molecule has 0 spiro atoms. The summed E-state index contributed by atoms with van der Waals surface area (Å²) in [4.78, 5) is 7.02. The van der Waals surface area contributed by atoms with Crippen LogP contribution in [0.3, 0.4) is 0 Å². The Kier molecular flexibility index (Phi) is 2.63. The highest BCUT2D eigenvalue weighted by Gasteiger charge is 2.16. The van der Waals surface area contributed by atoms with Gasteiger partial charge in [-0.15, -0.1) is 0 Å². The third-order valence-corrected chi connectivity index (χ3v) is 3.32. The smallest absolute Gasteiger partial charge is 0.0867 e. The Labute approximate surface area is 108 Å². The molecule has 3 rings (SSSR count). The minimum Gasteiger partial charge on any atom is -0.367 e. The summed E-state index contributed by atoms with van der Waals surface area (Å²) in [6.07, 6.45) is 0. The zero-order valence-corrected chi connectivity index (χ0v) is 10.7. The second-order valence-electron chi connectivity index (χ2n) is 4.77. The summed E-state index contributed by atoms with van der Waals surface area (Å²) in [7, 11) is 2.11. The van der Waals surface area contributed by atoms with E-state index in [1.54, 1.807) is 0 Å². The number of aliphatic imine (C=N–C) groups is 1. The maximum absolute atomic E-state index is 4.77. The third kappa shape index (κ3) is 1.90. The van der Waals surface area contributed by atoms with E-state index in [0.717, 1.165) is 17.9 Å². The molecule has 1 aliphatic rings. The van der Waals surface area contributed by atoms with Crippen molar-refractivity contribution in [1.29, 1.82) is 0 Å². The van der Waals surface area contributed by atoms with Gasteiger partial charge >= 0.3 is 0 Å². The van der Waals surface area contributed by atoms with Gasteiger partial charge in [-0.1, -0.05) is 42.0 Å².